The minimum absolute atomic E-state index is 0.107. The Balaban J connectivity index is 1.95. The molecule has 0 saturated heterocycles. The highest BCUT2D eigenvalue weighted by Crippen LogP contribution is 2.32. The lowest BCUT2D eigenvalue weighted by atomic mass is 10.1. The monoisotopic (exact) mass is 419 g/mol. The topological polar surface area (TPSA) is 63.2 Å². The molecule has 0 aliphatic carbocycles. The predicted octanol–water partition coefficient (Wildman–Crippen LogP) is 7.06. The largest absolute Gasteiger partial charge is 0.462 e. The first-order valence-corrected chi connectivity index (χ1v) is 10.1. The summed E-state index contributed by atoms with van der Waals surface area (Å²) in [6.45, 7) is 2.48. The molecule has 0 radical (unpaired) electrons. The van der Waals surface area contributed by atoms with Crippen molar-refractivity contribution in [2.45, 2.75) is 45.4 Å². The maximum atomic E-state index is 12.1. The molecule has 1 aromatic heterocycles. The van der Waals surface area contributed by atoms with Crippen LogP contribution in [0.25, 0.3) is 17.4 Å². The molecule has 0 aliphatic rings. The van der Waals surface area contributed by atoms with E-state index in [1.54, 1.807) is 30.3 Å². The summed E-state index contributed by atoms with van der Waals surface area (Å²) in [6.07, 6.45) is 7.94. The minimum atomic E-state index is -0.644. The van der Waals surface area contributed by atoms with Gasteiger partial charge in [-0.15, -0.1) is 0 Å². The number of halogens is 2. The second-order valence-electron chi connectivity index (χ2n) is 6.40. The fourth-order valence-corrected chi connectivity index (χ4v) is 3.05. The van der Waals surface area contributed by atoms with Crippen LogP contribution in [-0.4, -0.2) is 12.6 Å². The SMILES string of the molecule is CCCCCCCCOC(=O)/C(C#N)=C/c1ccc(-c2cc(Cl)ccc2Cl)o1. The van der Waals surface area contributed by atoms with E-state index in [-0.39, 0.29) is 5.57 Å². The second-order valence-corrected chi connectivity index (χ2v) is 7.24. The average molecular weight is 420 g/mol. The van der Waals surface area contributed by atoms with E-state index in [0.717, 1.165) is 19.3 Å². The van der Waals surface area contributed by atoms with E-state index in [1.807, 2.05) is 6.07 Å². The third kappa shape index (κ3) is 6.74. The summed E-state index contributed by atoms with van der Waals surface area (Å²) in [7, 11) is 0. The van der Waals surface area contributed by atoms with Crippen LogP contribution in [0.2, 0.25) is 10.0 Å². The lowest BCUT2D eigenvalue weighted by Gasteiger charge is -2.04. The second kappa shape index (κ2) is 11.6. The fraction of sp³-hybridized carbons (Fsp3) is 0.364. The quantitative estimate of drug-likeness (QED) is 0.179. The fourth-order valence-electron chi connectivity index (χ4n) is 2.67. The van der Waals surface area contributed by atoms with E-state index in [0.29, 0.717) is 33.7 Å². The molecule has 4 nitrogen and oxygen atoms in total. The van der Waals surface area contributed by atoms with E-state index in [4.69, 9.17) is 32.4 Å². The number of carbonyl (C=O) groups is 1. The number of benzene rings is 1. The molecule has 0 unspecified atom stereocenters. The number of carbonyl (C=O) groups excluding carboxylic acids is 1. The Labute approximate surface area is 175 Å². The molecule has 0 fully saturated rings. The molecule has 0 aliphatic heterocycles. The highest BCUT2D eigenvalue weighted by atomic mass is 35.5. The Morgan fingerprint density at radius 3 is 2.64 bits per heavy atom. The van der Waals surface area contributed by atoms with Gasteiger partial charge in [0.2, 0.25) is 0 Å². The van der Waals surface area contributed by atoms with Crippen molar-refractivity contribution in [3.8, 4) is 17.4 Å². The number of unbranched alkanes of at least 4 members (excludes halogenated alkanes) is 5. The van der Waals surface area contributed by atoms with Crippen LogP contribution in [0.3, 0.4) is 0 Å². The molecule has 1 aromatic carbocycles. The molecule has 0 saturated carbocycles. The molecule has 0 amide bonds. The van der Waals surface area contributed by atoms with Gasteiger partial charge in [-0.2, -0.15) is 5.26 Å². The van der Waals surface area contributed by atoms with Crippen LogP contribution in [0.4, 0.5) is 0 Å². The van der Waals surface area contributed by atoms with Crippen LogP contribution in [-0.2, 0) is 9.53 Å². The number of hydrogen-bond acceptors (Lipinski definition) is 4. The van der Waals surface area contributed by atoms with Crippen molar-refractivity contribution in [3.05, 3.63) is 51.7 Å². The molecule has 0 bridgehead atoms. The van der Waals surface area contributed by atoms with E-state index >= 15 is 0 Å². The zero-order valence-corrected chi connectivity index (χ0v) is 17.4. The first-order valence-electron chi connectivity index (χ1n) is 9.39. The van der Waals surface area contributed by atoms with Gasteiger partial charge in [0.15, 0.2) is 0 Å². The first kappa shape index (κ1) is 22.1. The number of hydrogen-bond donors (Lipinski definition) is 0. The van der Waals surface area contributed by atoms with Crippen LogP contribution in [0.5, 0.6) is 0 Å². The smallest absolute Gasteiger partial charge is 0.349 e. The number of ether oxygens (including phenoxy) is 1. The third-order valence-electron chi connectivity index (χ3n) is 4.18. The van der Waals surface area contributed by atoms with Crippen LogP contribution >= 0.6 is 23.2 Å². The van der Waals surface area contributed by atoms with Crippen LogP contribution < -0.4 is 0 Å². The number of nitrogens with zero attached hydrogens (tertiary/aromatic N) is 1. The molecule has 6 heteroatoms. The minimum Gasteiger partial charge on any atom is -0.462 e. The summed E-state index contributed by atoms with van der Waals surface area (Å²) in [5.74, 6) is 0.213. The highest BCUT2D eigenvalue weighted by Gasteiger charge is 2.13. The summed E-state index contributed by atoms with van der Waals surface area (Å²) in [6, 6.07) is 10.3. The summed E-state index contributed by atoms with van der Waals surface area (Å²) in [5, 5.41) is 10.3. The maximum Gasteiger partial charge on any atom is 0.349 e. The average Bonchev–Trinajstić information content (AvgIpc) is 3.15. The Morgan fingerprint density at radius 1 is 1.14 bits per heavy atom. The molecule has 2 rings (SSSR count). The van der Waals surface area contributed by atoms with Gasteiger partial charge in [-0.05, 0) is 36.8 Å². The molecular weight excluding hydrogens is 397 g/mol. The van der Waals surface area contributed by atoms with Gasteiger partial charge in [0.05, 0.1) is 11.6 Å². The molecule has 2 aromatic rings. The van der Waals surface area contributed by atoms with Gasteiger partial charge in [-0.25, -0.2) is 4.79 Å². The highest BCUT2D eigenvalue weighted by molar-refractivity contribution is 6.35. The normalized spacial score (nSPS) is 11.3. The van der Waals surface area contributed by atoms with E-state index in [9.17, 15) is 10.1 Å². The molecule has 0 atom stereocenters. The number of rotatable bonds is 10. The van der Waals surface area contributed by atoms with Gasteiger partial charge in [0.25, 0.3) is 0 Å². The van der Waals surface area contributed by atoms with Gasteiger partial charge in [0, 0.05) is 16.7 Å². The number of nitriles is 1. The summed E-state index contributed by atoms with van der Waals surface area (Å²) >= 11 is 12.2. The van der Waals surface area contributed by atoms with Gasteiger partial charge < -0.3 is 9.15 Å². The van der Waals surface area contributed by atoms with Crippen molar-refractivity contribution >= 4 is 35.2 Å². The van der Waals surface area contributed by atoms with Crippen LogP contribution in [0.1, 0.15) is 51.2 Å². The maximum absolute atomic E-state index is 12.1. The lowest BCUT2D eigenvalue weighted by molar-refractivity contribution is -0.138. The Hall–Kier alpha value is -2.22. The van der Waals surface area contributed by atoms with Gasteiger partial charge >= 0.3 is 5.97 Å². The van der Waals surface area contributed by atoms with E-state index < -0.39 is 5.97 Å². The molecule has 0 N–H and O–H groups in total. The van der Waals surface area contributed by atoms with Crippen molar-refractivity contribution < 1.29 is 13.9 Å². The molecule has 28 heavy (non-hydrogen) atoms. The molecule has 148 valence electrons. The zero-order valence-electron chi connectivity index (χ0n) is 15.8. The number of furan rings is 1. The molecular formula is C22H23Cl2NO3. The van der Waals surface area contributed by atoms with Crippen molar-refractivity contribution in [2.24, 2.45) is 0 Å². The zero-order chi connectivity index (χ0) is 20.4. The van der Waals surface area contributed by atoms with Gasteiger partial charge in [0.1, 0.15) is 23.2 Å². The van der Waals surface area contributed by atoms with Gasteiger partial charge in [-0.1, -0.05) is 62.2 Å². The predicted molar refractivity (Wildman–Crippen MR) is 112 cm³/mol. The first-order chi connectivity index (χ1) is 13.5. The Bertz CT molecular complexity index is 865. The summed E-state index contributed by atoms with van der Waals surface area (Å²) in [5.41, 5.74) is 0.530. The Kier molecular flexibility index (Phi) is 9.13. The van der Waals surface area contributed by atoms with Crippen molar-refractivity contribution in [1.82, 2.24) is 0 Å². The number of esters is 1. The molecule has 0 spiro atoms. The lowest BCUT2D eigenvalue weighted by Crippen LogP contribution is -2.07. The molecule has 1 heterocycles. The van der Waals surface area contributed by atoms with E-state index in [2.05, 4.69) is 6.92 Å². The van der Waals surface area contributed by atoms with Gasteiger partial charge in [-0.3, -0.25) is 0 Å². The summed E-state index contributed by atoms with van der Waals surface area (Å²) in [4.78, 5) is 12.1. The standard InChI is InChI=1S/C22H23Cl2NO3/c1-2-3-4-5-6-7-12-27-22(26)16(15-25)13-18-9-11-21(28-18)19-14-17(23)8-10-20(19)24/h8-11,13-14H,2-7,12H2,1H3/b16-13+. The van der Waals surface area contributed by atoms with Crippen molar-refractivity contribution in [1.29, 1.82) is 5.26 Å². The van der Waals surface area contributed by atoms with Crippen molar-refractivity contribution in [3.63, 3.8) is 0 Å². The van der Waals surface area contributed by atoms with Crippen LogP contribution in [0, 0.1) is 11.3 Å². The van der Waals surface area contributed by atoms with Crippen molar-refractivity contribution in [2.75, 3.05) is 6.61 Å². The van der Waals surface area contributed by atoms with Crippen LogP contribution in [0.15, 0.2) is 40.3 Å². The van der Waals surface area contributed by atoms with E-state index in [1.165, 1.54) is 25.3 Å². The summed E-state index contributed by atoms with van der Waals surface area (Å²) < 4.78 is 10.9. The third-order valence-corrected chi connectivity index (χ3v) is 4.74. The Morgan fingerprint density at radius 2 is 1.89 bits per heavy atom.